The number of ether oxygens (including phenoxy) is 3. The first kappa shape index (κ1) is 21.9. The molecule has 8 heteroatoms. The lowest BCUT2D eigenvalue weighted by molar-refractivity contribution is -0.115. The average molecular weight is 424 g/mol. The van der Waals surface area contributed by atoms with E-state index in [1.54, 1.807) is 18.2 Å². The minimum absolute atomic E-state index is 0.180. The summed E-state index contributed by atoms with van der Waals surface area (Å²) in [5.74, 6) is -0.0678. The largest absolute Gasteiger partial charge is 0.493 e. The number of benzene rings is 2. The summed E-state index contributed by atoms with van der Waals surface area (Å²) >= 11 is 7.33. The monoisotopic (exact) mass is 423 g/mol. The molecule has 1 atom stereocenters. The molecule has 0 unspecified atom stereocenters. The fourth-order valence-electron chi connectivity index (χ4n) is 2.47. The van der Waals surface area contributed by atoms with Crippen LogP contribution in [0.5, 0.6) is 11.5 Å². The van der Waals surface area contributed by atoms with E-state index in [1.165, 1.54) is 39.2 Å². The Labute approximate surface area is 173 Å². The second-order valence-corrected chi connectivity index (χ2v) is 7.41. The number of anilines is 1. The Hall–Kier alpha value is -2.38. The molecule has 150 valence electrons. The summed E-state index contributed by atoms with van der Waals surface area (Å²) in [6.07, 6.45) is 0.597. The van der Waals surface area contributed by atoms with Crippen molar-refractivity contribution in [1.82, 2.24) is 0 Å². The van der Waals surface area contributed by atoms with Crippen LogP contribution < -0.4 is 14.8 Å². The summed E-state index contributed by atoms with van der Waals surface area (Å²) in [6.45, 7) is 1.92. The Morgan fingerprint density at radius 2 is 1.68 bits per heavy atom. The smallest absolute Gasteiger partial charge is 0.340 e. The first-order valence-corrected chi connectivity index (χ1v) is 9.76. The molecule has 0 aliphatic carbocycles. The zero-order chi connectivity index (χ0) is 20.7. The Kier molecular flexibility index (Phi) is 8.02. The summed E-state index contributed by atoms with van der Waals surface area (Å²) in [6, 6.07) is 10.3. The van der Waals surface area contributed by atoms with Gasteiger partial charge in [0.25, 0.3) is 0 Å². The quantitative estimate of drug-likeness (QED) is 0.492. The van der Waals surface area contributed by atoms with Gasteiger partial charge in [0, 0.05) is 22.1 Å². The number of carbonyl (C=O) groups is 2. The Morgan fingerprint density at radius 1 is 1.07 bits per heavy atom. The first-order valence-electron chi connectivity index (χ1n) is 8.50. The van der Waals surface area contributed by atoms with Crippen LogP contribution >= 0.6 is 23.4 Å². The number of amides is 1. The first-order chi connectivity index (χ1) is 13.4. The third-order valence-electron chi connectivity index (χ3n) is 3.94. The highest BCUT2D eigenvalue weighted by Gasteiger charge is 2.23. The fraction of sp³-hybridized carbons (Fsp3) is 0.300. The number of methoxy groups -OCH3 is 3. The van der Waals surface area contributed by atoms with Gasteiger partial charge in [-0.2, -0.15) is 0 Å². The summed E-state index contributed by atoms with van der Waals surface area (Å²) in [4.78, 5) is 25.9. The van der Waals surface area contributed by atoms with Crippen molar-refractivity contribution in [1.29, 1.82) is 0 Å². The summed E-state index contributed by atoms with van der Waals surface area (Å²) in [7, 11) is 4.22. The molecule has 2 aromatic carbocycles. The normalized spacial score (nSPS) is 11.5. The van der Waals surface area contributed by atoms with E-state index in [4.69, 9.17) is 25.8 Å². The molecule has 2 aromatic rings. The lowest BCUT2D eigenvalue weighted by Crippen LogP contribution is -2.25. The molecule has 6 nitrogen and oxygen atoms in total. The van der Waals surface area contributed by atoms with Crippen LogP contribution in [-0.2, 0) is 9.53 Å². The Morgan fingerprint density at radius 3 is 2.21 bits per heavy atom. The van der Waals surface area contributed by atoms with Gasteiger partial charge in [0.05, 0.1) is 37.8 Å². The predicted molar refractivity (Wildman–Crippen MR) is 111 cm³/mol. The van der Waals surface area contributed by atoms with Crippen molar-refractivity contribution < 1.29 is 23.8 Å². The molecule has 1 amide bonds. The highest BCUT2D eigenvalue weighted by atomic mass is 35.5. The number of carbonyl (C=O) groups excluding carboxylic acids is 2. The maximum atomic E-state index is 12.9. The highest BCUT2D eigenvalue weighted by molar-refractivity contribution is 8.00. The van der Waals surface area contributed by atoms with E-state index in [1.807, 2.05) is 19.1 Å². The molecule has 0 heterocycles. The van der Waals surface area contributed by atoms with Gasteiger partial charge in [-0.25, -0.2) is 4.79 Å². The molecule has 0 radical (unpaired) electrons. The molecular weight excluding hydrogens is 402 g/mol. The van der Waals surface area contributed by atoms with Gasteiger partial charge in [0.1, 0.15) is 0 Å². The number of nitrogens with one attached hydrogen (secondary N) is 1. The zero-order valence-electron chi connectivity index (χ0n) is 16.1. The lowest BCUT2D eigenvalue weighted by Gasteiger charge is -2.18. The van der Waals surface area contributed by atoms with E-state index in [9.17, 15) is 9.59 Å². The minimum Gasteiger partial charge on any atom is -0.493 e. The van der Waals surface area contributed by atoms with Crippen molar-refractivity contribution in [3.05, 3.63) is 47.0 Å². The summed E-state index contributed by atoms with van der Waals surface area (Å²) in [5.41, 5.74) is 0.476. The standard InChI is InChI=1S/C20H22ClNO5S/c1-5-18(28-13-8-6-12(21)7-9-13)19(23)22-15-11-17(26-3)16(25-2)10-14(15)20(24)27-4/h6-11,18H,5H2,1-4H3,(H,22,23)/t18-/m1/s1. The molecule has 0 saturated carbocycles. The second kappa shape index (κ2) is 10.2. The number of halogens is 1. The Bertz CT molecular complexity index is 841. The number of rotatable bonds is 8. The van der Waals surface area contributed by atoms with E-state index in [2.05, 4.69) is 5.32 Å². The number of esters is 1. The van der Waals surface area contributed by atoms with Crippen LogP contribution in [-0.4, -0.2) is 38.5 Å². The van der Waals surface area contributed by atoms with Gasteiger partial charge >= 0.3 is 5.97 Å². The van der Waals surface area contributed by atoms with Crippen molar-refractivity contribution in [3.63, 3.8) is 0 Å². The number of hydrogen-bond acceptors (Lipinski definition) is 6. The van der Waals surface area contributed by atoms with Crippen LogP contribution in [0.1, 0.15) is 23.7 Å². The fourth-order valence-corrected chi connectivity index (χ4v) is 3.55. The minimum atomic E-state index is -0.588. The SMILES string of the molecule is CC[C@@H](Sc1ccc(Cl)cc1)C(=O)Nc1cc(OC)c(OC)cc1C(=O)OC. The molecule has 0 bridgehead atoms. The zero-order valence-corrected chi connectivity index (χ0v) is 17.6. The van der Waals surface area contributed by atoms with Crippen LogP contribution in [0, 0.1) is 0 Å². The van der Waals surface area contributed by atoms with Crippen LogP contribution in [0.15, 0.2) is 41.3 Å². The van der Waals surface area contributed by atoms with Crippen molar-refractivity contribution >= 4 is 40.9 Å². The molecule has 0 spiro atoms. The van der Waals surface area contributed by atoms with Crippen molar-refractivity contribution in [2.45, 2.75) is 23.5 Å². The maximum absolute atomic E-state index is 12.9. The van der Waals surface area contributed by atoms with E-state index < -0.39 is 5.97 Å². The lowest BCUT2D eigenvalue weighted by atomic mass is 10.1. The van der Waals surface area contributed by atoms with E-state index >= 15 is 0 Å². The van der Waals surface area contributed by atoms with Crippen LogP contribution in [0.25, 0.3) is 0 Å². The van der Waals surface area contributed by atoms with Crippen molar-refractivity contribution in [2.75, 3.05) is 26.6 Å². The third kappa shape index (κ3) is 5.33. The topological polar surface area (TPSA) is 73.9 Å². The molecule has 0 aromatic heterocycles. The van der Waals surface area contributed by atoms with Gasteiger partial charge in [-0.3, -0.25) is 4.79 Å². The van der Waals surface area contributed by atoms with Crippen molar-refractivity contribution in [2.24, 2.45) is 0 Å². The van der Waals surface area contributed by atoms with Gasteiger partial charge in [-0.05, 0) is 30.7 Å². The van der Waals surface area contributed by atoms with Gasteiger partial charge in [-0.1, -0.05) is 18.5 Å². The second-order valence-electron chi connectivity index (χ2n) is 5.70. The molecule has 28 heavy (non-hydrogen) atoms. The average Bonchev–Trinajstić information content (AvgIpc) is 2.72. The van der Waals surface area contributed by atoms with Gasteiger partial charge in [0.2, 0.25) is 5.91 Å². The van der Waals surface area contributed by atoms with Gasteiger partial charge in [-0.15, -0.1) is 11.8 Å². The number of thioether (sulfide) groups is 1. The predicted octanol–water partition coefficient (Wildman–Crippen LogP) is 4.65. The van der Waals surface area contributed by atoms with Gasteiger partial charge in [0.15, 0.2) is 11.5 Å². The van der Waals surface area contributed by atoms with Crippen LogP contribution in [0.4, 0.5) is 5.69 Å². The summed E-state index contributed by atoms with van der Waals surface area (Å²) in [5, 5.41) is 3.09. The highest BCUT2D eigenvalue weighted by Crippen LogP contribution is 2.35. The molecular formula is C20H22ClNO5S. The number of hydrogen-bond donors (Lipinski definition) is 1. The molecule has 0 fully saturated rings. The molecule has 0 aliphatic rings. The molecule has 0 saturated heterocycles. The van der Waals surface area contributed by atoms with Crippen LogP contribution in [0.2, 0.25) is 5.02 Å². The van der Waals surface area contributed by atoms with Crippen LogP contribution in [0.3, 0.4) is 0 Å². The van der Waals surface area contributed by atoms with E-state index in [-0.39, 0.29) is 16.7 Å². The van der Waals surface area contributed by atoms with Crippen molar-refractivity contribution in [3.8, 4) is 11.5 Å². The summed E-state index contributed by atoms with van der Waals surface area (Å²) < 4.78 is 15.3. The van der Waals surface area contributed by atoms with E-state index in [0.717, 1.165) is 4.90 Å². The molecule has 2 rings (SSSR count). The third-order valence-corrected chi connectivity index (χ3v) is 5.57. The molecule has 0 aliphatic heterocycles. The molecule has 1 N–H and O–H groups in total. The van der Waals surface area contributed by atoms with E-state index in [0.29, 0.717) is 28.6 Å². The maximum Gasteiger partial charge on any atom is 0.340 e. The van der Waals surface area contributed by atoms with Gasteiger partial charge < -0.3 is 19.5 Å². The Balaban J connectivity index is 2.29.